The number of aromatic nitrogens is 2. The summed E-state index contributed by atoms with van der Waals surface area (Å²) in [5.74, 6) is 0.0940. The zero-order valence-electron chi connectivity index (χ0n) is 18.2. The van der Waals surface area contributed by atoms with Crippen LogP contribution in [0.4, 0.5) is 16.0 Å². The van der Waals surface area contributed by atoms with Gasteiger partial charge in [0.05, 0.1) is 6.54 Å². The maximum absolute atomic E-state index is 13.7. The van der Waals surface area contributed by atoms with E-state index in [-0.39, 0.29) is 18.3 Å². The van der Waals surface area contributed by atoms with Crippen LogP contribution in [0.5, 0.6) is 0 Å². The van der Waals surface area contributed by atoms with Crippen molar-refractivity contribution in [3.63, 3.8) is 0 Å². The Bertz CT molecular complexity index is 1050. The Morgan fingerprint density at radius 3 is 2.44 bits per heavy atom. The molecule has 32 heavy (non-hydrogen) atoms. The van der Waals surface area contributed by atoms with Gasteiger partial charge in [-0.2, -0.15) is 0 Å². The molecule has 2 heterocycles. The van der Waals surface area contributed by atoms with Crippen LogP contribution in [0.3, 0.4) is 0 Å². The lowest BCUT2D eigenvalue weighted by molar-refractivity contribution is -0.120. The summed E-state index contributed by atoms with van der Waals surface area (Å²) in [4.78, 5) is 26.3. The van der Waals surface area contributed by atoms with E-state index in [0.717, 1.165) is 37.1 Å². The van der Waals surface area contributed by atoms with Crippen molar-refractivity contribution >= 4 is 17.5 Å². The highest BCUT2D eigenvalue weighted by atomic mass is 19.1. The molecule has 3 aromatic rings. The van der Waals surface area contributed by atoms with E-state index in [0.29, 0.717) is 17.2 Å². The van der Waals surface area contributed by atoms with Gasteiger partial charge in [0.15, 0.2) is 0 Å². The van der Waals surface area contributed by atoms with Crippen LogP contribution in [0.1, 0.15) is 42.0 Å². The fourth-order valence-electron chi connectivity index (χ4n) is 4.04. The Labute approximate surface area is 187 Å². The Morgan fingerprint density at radius 1 is 1.09 bits per heavy atom. The second-order valence-electron chi connectivity index (χ2n) is 8.18. The first-order chi connectivity index (χ1) is 15.5. The van der Waals surface area contributed by atoms with Crippen molar-refractivity contribution in [3.8, 4) is 0 Å². The molecule has 2 N–H and O–H groups in total. The Balaban J connectivity index is 1.61. The van der Waals surface area contributed by atoms with Crippen LogP contribution in [-0.4, -0.2) is 29.0 Å². The summed E-state index contributed by atoms with van der Waals surface area (Å²) in [5.41, 5.74) is 9.10. The molecule has 0 aliphatic carbocycles. The zero-order valence-corrected chi connectivity index (χ0v) is 18.2. The number of halogens is 1. The van der Waals surface area contributed by atoms with Gasteiger partial charge < -0.3 is 15.5 Å². The van der Waals surface area contributed by atoms with Crippen molar-refractivity contribution in [2.24, 2.45) is 5.73 Å². The van der Waals surface area contributed by atoms with E-state index in [1.807, 2.05) is 30.3 Å². The van der Waals surface area contributed by atoms with Gasteiger partial charge in [-0.25, -0.2) is 14.4 Å². The van der Waals surface area contributed by atoms with Crippen molar-refractivity contribution in [2.75, 3.05) is 22.9 Å². The summed E-state index contributed by atoms with van der Waals surface area (Å²) >= 11 is 0. The lowest BCUT2D eigenvalue weighted by Crippen LogP contribution is -2.39. The molecule has 0 spiro atoms. The number of carbonyl (C=O) groups is 1. The predicted octanol–water partition coefficient (Wildman–Crippen LogP) is 4.15. The minimum absolute atomic E-state index is 0.242. The van der Waals surface area contributed by atoms with Crippen molar-refractivity contribution in [2.45, 2.75) is 38.8 Å². The first-order valence-electron chi connectivity index (χ1n) is 11.0. The third-order valence-corrected chi connectivity index (χ3v) is 5.81. The fourth-order valence-corrected chi connectivity index (χ4v) is 4.04. The highest BCUT2D eigenvalue weighted by Crippen LogP contribution is 2.26. The number of nitrogens with zero attached hydrogens (tertiary/aromatic N) is 4. The predicted molar refractivity (Wildman–Crippen MR) is 124 cm³/mol. The molecule has 4 rings (SSSR count). The molecule has 1 aliphatic rings. The molecule has 1 aromatic heterocycles. The largest absolute Gasteiger partial charge is 0.341 e. The second-order valence-corrected chi connectivity index (χ2v) is 8.18. The average Bonchev–Trinajstić information content (AvgIpc) is 2.83. The first kappa shape index (κ1) is 21.9. The molecule has 2 aromatic carbocycles. The number of anilines is 2. The summed E-state index contributed by atoms with van der Waals surface area (Å²) in [6.45, 7) is 3.95. The van der Waals surface area contributed by atoms with Crippen LogP contribution in [0, 0.1) is 12.7 Å². The van der Waals surface area contributed by atoms with Crippen LogP contribution in [-0.2, 0) is 11.3 Å². The van der Waals surface area contributed by atoms with Crippen LogP contribution in [0.15, 0.2) is 60.9 Å². The minimum atomic E-state index is -0.839. The monoisotopic (exact) mass is 433 g/mol. The number of benzene rings is 2. The third kappa shape index (κ3) is 4.94. The van der Waals surface area contributed by atoms with E-state index in [2.05, 4.69) is 14.9 Å². The average molecular weight is 434 g/mol. The molecule has 1 fully saturated rings. The van der Waals surface area contributed by atoms with Crippen molar-refractivity contribution < 1.29 is 9.18 Å². The summed E-state index contributed by atoms with van der Waals surface area (Å²) in [6, 6.07) is 12.8. The van der Waals surface area contributed by atoms with Crippen molar-refractivity contribution in [1.82, 2.24) is 9.97 Å². The fraction of sp³-hybridized carbons (Fsp3) is 0.320. The van der Waals surface area contributed by atoms with Crippen LogP contribution in [0.2, 0.25) is 0 Å². The van der Waals surface area contributed by atoms with Crippen LogP contribution in [0.25, 0.3) is 0 Å². The van der Waals surface area contributed by atoms with Gasteiger partial charge in [-0.15, -0.1) is 0 Å². The van der Waals surface area contributed by atoms with E-state index in [9.17, 15) is 9.18 Å². The maximum Gasteiger partial charge on any atom is 0.248 e. The van der Waals surface area contributed by atoms with E-state index >= 15 is 0 Å². The van der Waals surface area contributed by atoms with Crippen LogP contribution < -0.4 is 15.5 Å². The van der Waals surface area contributed by atoms with E-state index < -0.39 is 6.04 Å². The number of piperidine rings is 1. The van der Waals surface area contributed by atoms with Gasteiger partial charge in [0.1, 0.15) is 11.9 Å². The number of carbonyl (C=O) groups excluding carboxylic acids is 1. The summed E-state index contributed by atoms with van der Waals surface area (Å²) < 4.78 is 13.7. The second kappa shape index (κ2) is 9.87. The molecule has 1 atom stereocenters. The molecular weight excluding hydrogens is 405 g/mol. The molecule has 0 bridgehead atoms. The van der Waals surface area contributed by atoms with Gasteiger partial charge in [0.2, 0.25) is 11.9 Å². The summed E-state index contributed by atoms with van der Waals surface area (Å²) in [6.07, 6.45) is 7.04. The van der Waals surface area contributed by atoms with Gasteiger partial charge in [-0.05, 0) is 55.5 Å². The number of rotatable bonds is 6. The number of hydrogen-bond acceptors (Lipinski definition) is 5. The quantitative estimate of drug-likeness (QED) is 0.632. The van der Waals surface area contributed by atoms with Crippen molar-refractivity contribution in [3.05, 3.63) is 83.4 Å². The smallest absolute Gasteiger partial charge is 0.248 e. The molecule has 0 unspecified atom stereocenters. The lowest BCUT2D eigenvalue weighted by Gasteiger charge is -2.28. The lowest BCUT2D eigenvalue weighted by atomic mass is 10.0. The van der Waals surface area contributed by atoms with Crippen LogP contribution >= 0.6 is 0 Å². The zero-order chi connectivity index (χ0) is 22.5. The number of amides is 1. The number of aryl methyl sites for hydroxylation is 1. The maximum atomic E-state index is 13.7. The molecule has 1 aliphatic heterocycles. The van der Waals surface area contributed by atoms with E-state index in [1.165, 1.54) is 18.6 Å². The van der Waals surface area contributed by atoms with Gasteiger partial charge in [-0.3, -0.25) is 4.79 Å². The highest BCUT2D eigenvalue weighted by Gasteiger charge is 2.25. The normalized spacial score (nSPS) is 14.8. The summed E-state index contributed by atoms with van der Waals surface area (Å²) in [7, 11) is 0. The third-order valence-electron chi connectivity index (χ3n) is 5.81. The number of nitrogens with two attached hydrogens (primary N) is 1. The van der Waals surface area contributed by atoms with E-state index in [1.54, 1.807) is 30.3 Å². The van der Waals surface area contributed by atoms with E-state index in [4.69, 9.17) is 5.73 Å². The summed E-state index contributed by atoms with van der Waals surface area (Å²) in [5, 5.41) is 0. The Morgan fingerprint density at radius 2 is 1.78 bits per heavy atom. The first-order valence-corrected chi connectivity index (χ1v) is 11.0. The number of hydrogen-bond donors (Lipinski definition) is 1. The molecule has 0 radical (unpaired) electrons. The molecule has 166 valence electrons. The van der Waals surface area contributed by atoms with Crippen molar-refractivity contribution in [1.29, 1.82) is 0 Å². The minimum Gasteiger partial charge on any atom is -0.341 e. The highest BCUT2D eigenvalue weighted by molar-refractivity contribution is 5.98. The molecule has 1 saturated heterocycles. The molecule has 0 saturated carbocycles. The Kier molecular flexibility index (Phi) is 6.75. The van der Waals surface area contributed by atoms with Gasteiger partial charge in [0, 0.05) is 36.7 Å². The SMILES string of the molecule is Cc1cc(F)ccc1N(Cc1cnc(N2CCCCC2)nc1)C(=O)[C@H](N)c1ccccc1. The Hall–Kier alpha value is -3.32. The van der Waals surface area contributed by atoms with Gasteiger partial charge in [-0.1, -0.05) is 30.3 Å². The standard InChI is InChI=1S/C25H28FN5O/c1-18-14-21(26)10-11-22(18)31(24(32)23(27)20-8-4-2-5-9-20)17-19-15-28-25(29-16-19)30-12-6-3-7-13-30/h2,4-5,8-11,14-16,23H,3,6-7,12-13,17,27H2,1H3/t23-/m1/s1. The molecular formula is C25H28FN5O. The molecule has 7 heteroatoms. The molecule has 1 amide bonds. The van der Waals surface area contributed by atoms with Gasteiger partial charge in [0.25, 0.3) is 0 Å². The molecule has 6 nitrogen and oxygen atoms in total. The topological polar surface area (TPSA) is 75.4 Å². The van der Waals surface area contributed by atoms with Gasteiger partial charge >= 0.3 is 0 Å².